The molecule has 2 heterocycles. The molecular weight excluding hydrogens is 284 g/mol. The highest BCUT2D eigenvalue weighted by Gasteiger charge is 2.44. The molecule has 0 aromatic heterocycles. The molecule has 2 aromatic rings. The SMILES string of the molecule is CC1(C2CCc3c(c(O)c4ccccc4c3O)O2)OCCO1. The van der Waals surface area contributed by atoms with E-state index in [4.69, 9.17) is 14.2 Å². The summed E-state index contributed by atoms with van der Waals surface area (Å²) < 4.78 is 17.3. The lowest BCUT2D eigenvalue weighted by Gasteiger charge is -2.36. The summed E-state index contributed by atoms with van der Waals surface area (Å²) in [4.78, 5) is 0. The third-order valence-corrected chi connectivity index (χ3v) is 4.57. The minimum atomic E-state index is -0.800. The summed E-state index contributed by atoms with van der Waals surface area (Å²) in [6.45, 7) is 2.93. The van der Waals surface area contributed by atoms with Crippen molar-refractivity contribution < 1.29 is 24.4 Å². The molecule has 0 spiro atoms. The third-order valence-electron chi connectivity index (χ3n) is 4.57. The van der Waals surface area contributed by atoms with Gasteiger partial charge < -0.3 is 24.4 Å². The summed E-state index contributed by atoms with van der Waals surface area (Å²) in [5.41, 5.74) is 0.647. The average molecular weight is 302 g/mol. The van der Waals surface area contributed by atoms with Crippen molar-refractivity contribution in [3.63, 3.8) is 0 Å². The van der Waals surface area contributed by atoms with Crippen LogP contribution in [-0.2, 0) is 15.9 Å². The van der Waals surface area contributed by atoms with Gasteiger partial charge in [-0.05, 0) is 19.8 Å². The van der Waals surface area contributed by atoms with Crippen molar-refractivity contribution >= 4 is 10.8 Å². The lowest BCUT2D eigenvalue weighted by Crippen LogP contribution is -2.46. The first-order valence-electron chi connectivity index (χ1n) is 7.50. The highest BCUT2D eigenvalue weighted by Crippen LogP contribution is 2.49. The van der Waals surface area contributed by atoms with Gasteiger partial charge in [0.2, 0.25) is 5.79 Å². The molecular formula is C17H18O5. The molecule has 22 heavy (non-hydrogen) atoms. The summed E-state index contributed by atoms with van der Waals surface area (Å²) in [5, 5.41) is 22.2. The minimum Gasteiger partial charge on any atom is -0.507 e. The van der Waals surface area contributed by atoms with Gasteiger partial charge in [-0.1, -0.05) is 24.3 Å². The number of hydrogen-bond acceptors (Lipinski definition) is 5. The monoisotopic (exact) mass is 302 g/mol. The predicted molar refractivity (Wildman–Crippen MR) is 80.3 cm³/mol. The van der Waals surface area contributed by atoms with Crippen molar-refractivity contribution in [2.24, 2.45) is 0 Å². The highest BCUT2D eigenvalue weighted by atomic mass is 16.8. The Balaban J connectivity index is 1.81. The summed E-state index contributed by atoms with van der Waals surface area (Å²) in [6.07, 6.45) is 0.954. The Bertz CT molecular complexity index is 733. The molecule has 2 aliphatic heterocycles. The average Bonchev–Trinajstić information content (AvgIpc) is 3.00. The number of rotatable bonds is 1. The number of aromatic hydroxyl groups is 2. The molecule has 5 heteroatoms. The van der Waals surface area contributed by atoms with Gasteiger partial charge in [0.1, 0.15) is 5.75 Å². The first-order valence-corrected chi connectivity index (χ1v) is 7.50. The molecule has 1 fully saturated rings. The molecule has 5 nitrogen and oxygen atoms in total. The Morgan fingerprint density at radius 3 is 2.36 bits per heavy atom. The first-order chi connectivity index (χ1) is 10.6. The van der Waals surface area contributed by atoms with Crippen LogP contribution >= 0.6 is 0 Å². The summed E-state index contributed by atoms with van der Waals surface area (Å²) >= 11 is 0. The van der Waals surface area contributed by atoms with E-state index in [1.807, 2.05) is 19.1 Å². The van der Waals surface area contributed by atoms with Crippen LogP contribution in [0.25, 0.3) is 10.8 Å². The van der Waals surface area contributed by atoms with Crippen LogP contribution < -0.4 is 4.74 Å². The van der Waals surface area contributed by atoms with E-state index in [1.54, 1.807) is 12.1 Å². The topological polar surface area (TPSA) is 68.2 Å². The standard InChI is InChI=1S/C17H18O5/c1-17(20-8-9-21-17)13-7-6-12-14(18)10-4-2-3-5-11(10)15(19)16(12)22-13/h2-5,13,18-19H,6-9H2,1H3. The van der Waals surface area contributed by atoms with Crippen LogP contribution in [0.2, 0.25) is 0 Å². The molecule has 2 aliphatic rings. The second-order valence-electron chi connectivity index (χ2n) is 5.91. The maximum Gasteiger partial charge on any atom is 0.203 e. The molecule has 4 rings (SSSR count). The van der Waals surface area contributed by atoms with Crippen LogP contribution in [0.1, 0.15) is 18.9 Å². The van der Waals surface area contributed by atoms with Gasteiger partial charge in [-0.3, -0.25) is 0 Å². The lowest BCUT2D eigenvalue weighted by atomic mass is 9.93. The van der Waals surface area contributed by atoms with Crippen LogP contribution in [0.3, 0.4) is 0 Å². The van der Waals surface area contributed by atoms with E-state index in [2.05, 4.69) is 0 Å². The van der Waals surface area contributed by atoms with Gasteiger partial charge in [0.25, 0.3) is 0 Å². The van der Waals surface area contributed by atoms with Crippen molar-refractivity contribution in [3.8, 4) is 17.2 Å². The summed E-state index contributed by atoms with van der Waals surface area (Å²) in [7, 11) is 0. The predicted octanol–water partition coefficient (Wildman–Crippen LogP) is 2.71. The molecule has 0 saturated carbocycles. The molecule has 0 aliphatic carbocycles. The quantitative estimate of drug-likeness (QED) is 0.793. The van der Waals surface area contributed by atoms with Crippen molar-refractivity contribution in [2.45, 2.75) is 31.7 Å². The molecule has 1 atom stereocenters. The Kier molecular flexibility index (Phi) is 2.96. The molecule has 2 aromatic carbocycles. The molecule has 0 bridgehead atoms. The van der Waals surface area contributed by atoms with E-state index in [-0.39, 0.29) is 17.6 Å². The molecule has 0 radical (unpaired) electrons. The zero-order valence-electron chi connectivity index (χ0n) is 12.3. The van der Waals surface area contributed by atoms with Gasteiger partial charge in [0.15, 0.2) is 17.6 Å². The van der Waals surface area contributed by atoms with Crippen LogP contribution in [-0.4, -0.2) is 35.3 Å². The fourth-order valence-corrected chi connectivity index (χ4v) is 3.35. The number of phenols is 2. The summed E-state index contributed by atoms with van der Waals surface area (Å²) in [5.74, 6) is -0.214. The number of hydrogen-bond donors (Lipinski definition) is 2. The zero-order valence-corrected chi connectivity index (χ0v) is 12.3. The normalized spacial score (nSPS) is 23.2. The molecule has 116 valence electrons. The van der Waals surface area contributed by atoms with Gasteiger partial charge in [0, 0.05) is 16.3 Å². The highest BCUT2D eigenvalue weighted by molar-refractivity contribution is 5.96. The van der Waals surface area contributed by atoms with Gasteiger partial charge in [0.05, 0.1) is 13.2 Å². The fourth-order valence-electron chi connectivity index (χ4n) is 3.35. The smallest absolute Gasteiger partial charge is 0.203 e. The van der Waals surface area contributed by atoms with Crippen molar-refractivity contribution in [1.82, 2.24) is 0 Å². The van der Waals surface area contributed by atoms with Gasteiger partial charge in [-0.2, -0.15) is 0 Å². The van der Waals surface area contributed by atoms with E-state index >= 15 is 0 Å². The Hall–Kier alpha value is -1.98. The number of phenolic OH excluding ortho intramolecular Hbond substituents is 2. The number of benzene rings is 2. The van der Waals surface area contributed by atoms with Gasteiger partial charge in [-0.15, -0.1) is 0 Å². The second-order valence-corrected chi connectivity index (χ2v) is 5.91. The second kappa shape index (κ2) is 4.76. The molecule has 2 N–H and O–H groups in total. The van der Waals surface area contributed by atoms with E-state index in [1.165, 1.54) is 0 Å². The van der Waals surface area contributed by atoms with E-state index in [0.29, 0.717) is 48.1 Å². The van der Waals surface area contributed by atoms with Crippen molar-refractivity contribution in [2.75, 3.05) is 13.2 Å². The Morgan fingerprint density at radius 1 is 1.05 bits per heavy atom. The fraction of sp³-hybridized carbons (Fsp3) is 0.412. The Morgan fingerprint density at radius 2 is 1.68 bits per heavy atom. The first kappa shape index (κ1) is 13.7. The maximum atomic E-state index is 10.5. The van der Waals surface area contributed by atoms with Crippen molar-refractivity contribution in [3.05, 3.63) is 29.8 Å². The number of fused-ring (bicyclic) bond motifs is 2. The molecule has 1 saturated heterocycles. The third kappa shape index (κ3) is 1.86. The molecule has 1 unspecified atom stereocenters. The maximum absolute atomic E-state index is 10.5. The number of ether oxygens (including phenoxy) is 3. The largest absolute Gasteiger partial charge is 0.507 e. The minimum absolute atomic E-state index is 0.0645. The van der Waals surface area contributed by atoms with Crippen LogP contribution in [0.4, 0.5) is 0 Å². The van der Waals surface area contributed by atoms with E-state index in [9.17, 15) is 10.2 Å². The van der Waals surface area contributed by atoms with Crippen molar-refractivity contribution in [1.29, 1.82) is 0 Å². The summed E-state index contributed by atoms with van der Waals surface area (Å²) in [6, 6.07) is 7.21. The van der Waals surface area contributed by atoms with Crippen LogP contribution in [0.15, 0.2) is 24.3 Å². The van der Waals surface area contributed by atoms with Crippen LogP contribution in [0, 0.1) is 0 Å². The zero-order chi connectivity index (χ0) is 15.3. The molecule has 0 amide bonds. The van der Waals surface area contributed by atoms with E-state index < -0.39 is 5.79 Å². The van der Waals surface area contributed by atoms with E-state index in [0.717, 1.165) is 0 Å². The van der Waals surface area contributed by atoms with Crippen LogP contribution in [0.5, 0.6) is 17.2 Å². The van der Waals surface area contributed by atoms with Gasteiger partial charge >= 0.3 is 0 Å². The van der Waals surface area contributed by atoms with Gasteiger partial charge in [-0.25, -0.2) is 0 Å². The lowest BCUT2D eigenvalue weighted by molar-refractivity contribution is -0.203. The Labute approximate surface area is 128 Å².